The van der Waals surface area contributed by atoms with Crippen molar-refractivity contribution in [2.75, 3.05) is 23.6 Å². The zero-order valence-corrected chi connectivity index (χ0v) is 11.4. The summed E-state index contributed by atoms with van der Waals surface area (Å²) in [6, 6.07) is 8.58. The van der Waals surface area contributed by atoms with E-state index in [4.69, 9.17) is 5.26 Å². The number of thioether (sulfide) groups is 2. The molecule has 0 aliphatic rings. The summed E-state index contributed by atoms with van der Waals surface area (Å²) in [5.41, 5.74) is 1.69. The molecule has 0 radical (unpaired) electrons. The lowest BCUT2D eigenvalue weighted by molar-refractivity contribution is 0.912. The van der Waals surface area contributed by atoms with Crippen LogP contribution in [0.1, 0.15) is 12.5 Å². The minimum atomic E-state index is 0.374. The van der Waals surface area contributed by atoms with Crippen molar-refractivity contribution < 1.29 is 0 Å². The van der Waals surface area contributed by atoms with Gasteiger partial charge in [0.25, 0.3) is 0 Å². The number of hydrogen-bond donors (Lipinski definition) is 1. The summed E-state index contributed by atoms with van der Waals surface area (Å²) in [5, 5.41) is 12.5. The van der Waals surface area contributed by atoms with Gasteiger partial charge in [-0.2, -0.15) is 17.0 Å². The van der Waals surface area contributed by atoms with Crippen LogP contribution in [0.25, 0.3) is 0 Å². The van der Waals surface area contributed by atoms with Crippen molar-refractivity contribution in [3.05, 3.63) is 23.8 Å². The maximum absolute atomic E-state index is 9.16. The predicted octanol–water partition coefficient (Wildman–Crippen LogP) is 3.44. The Balaban J connectivity index is 2.92. The Morgan fingerprint density at radius 3 is 2.75 bits per heavy atom. The van der Waals surface area contributed by atoms with Crippen molar-refractivity contribution in [1.29, 1.82) is 5.26 Å². The number of nitrogens with one attached hydrogen (secondary N) is 1. The first-order valence-electron chi connectivity index (χ1n) is 5.05. The molecule has 0 saturated heterocycles. The number of rotatable bonds is 5. The van der Waals surface area contributed by atoms with E-state index in [1.54, 1.807) is 23.5 Å². The highest BCUT2D eigenvalue weighted by molar-refractivity contribution is 7.98. The molecular weight excluding hydrogens is 236 g/mol. The standard InChI is InChI=1S/C12H16N2S2/c1-9(8-15-2)14-11-5-4-6-12(16-3)10(11)7-13/h4-6,9,14H,8H2,1-3H3. The zero-order valence-electron chi connectivity index (χ0n) is 9.78. The molecule has 0 spiro atoms. The van der Waals surface area contributed by atoms with Gasteiger partial charge < -0.3 is 5.32 Å². The smallest absolute Gasteiger partial charge is 0.102 e. The van der Waals surface area contributed by atoms with Crippen molar-refractivity contribution in [2.45, 2.75) is 17.9 Å². The number of hydrogen-bond acceptors (Lipinski definition) is 4. The normalized spacial score (nSPS) is 11.9. The van der Waals surface area contributed by atoms with Crippen molar-refractivity contribution in [3.8, 4) is 6.07 Å². The minimum Gasteiger partial charge on any atom is -0.381 e. The molecule has 1 atom stereocenters. The quantitative estimate of drug-likeness (QED) is 0.814. The molecule has 0 saturated carbocycles. The third kappa shape index (κ3) is 3.36. The topological polar surface area (TPSA) is 35.8 Å². The van der Waals surface area contributed by atoms with Gasteiger partial charge in [0, 0.05) is 16.7 Å². The van der Waals surface area contributed by atoms with Gasteiger partial charge in [0.2, 0.25) is 0 Å². The summed E-state index contributed by atoms with van der Waals surface area (Å²) >= 11 is 3.41. The molecule has 1 N–H and O–H groups in total. The van der Waals surface area contributed by atoms with Gasteiger partial charge in [0.15, 0.2) is 0 Å². The molecule has 1 unspecified atom stereocenters. The largest absolute Gasteiger partial charge is 0.381 e. The molecule has 0 aliphatic heterocycles. The highest BCUT2D eigenvalue weighted by Crippen LogP contribution is 2.26. The Bertz CT molecular complexity index is 385. The van der Waals surface area contributed by atoms with Gasteiger partial charge in [-0.1, -0.05) is 6.07 Å². The highest BCUT2D eigenvalue weighted by Gasteiger charge is 2.09. The van der Waals surface area contributed by atoms with Crippen LogP contribution in [0.3, 0.4) is 0 Å². The van der Waals surface area contributed by atoms with Crippen LogP contribution in [0.4, 0.5) is 5.69 Å². The molecule has 0 aromatic heterocycles. The van der Waals surface area contributed by atoms with Crippen LogP contribution >= 0.6 is 23.5 Å². The fourth-order valence-corrected chi connectivity index (χ4v) is 2.65. The average Bonchev–Trinajstić information content (AvgIpc) is 2.29. The monoisotopic (exact) mass is 252 g/mol. The van der Waals surface area contributed by atoms with Crippen LogP contribution in [0.2, 0.25) is 0 Å². The van der Waals surface area contributed by atoms with Gasteiger partial charge in [-0.05, 0) is 31.6 Å². The van der Waals surface area contributed by atoms with E-state index in [2.05, 4.69) is 24.6 Å². The Labute approximate surface area is 106 Å². The van der Waals surface area contributed by atoms with E-state index < -0.39 is 0 Å². The van der Waals surface area contributed by atoms with Crippen LogP contribution in [0.15, 0.2) is 23.1 Å². The van der Waals surface area contributed by atoms with E-state index in [-0.39, 0.29) is 0 Å². The summed E-state index contributed by atoms with van der Waals surface area (Å²) in [7, 11) is 0. The highest BCUT2D eigenvalue weighted by atomic mass is 32.2. The third-order valence-corrected chi connectivity index (χ3v) is 3.79. The van der Waals surface area contributed by atoms with Crippen LogP contribution in [0, 0.1) is 11.3 Å². The summed E-state index contributed by atoms with van der Waals surface area (Å²) in [6.45, 7) is 2.13. The first-order valence-corrected chi connectivity index (χ1v) is 7.67. The van der Waals surface area contributed by atoms with Crippen LogP contribution in [0.5, 0.6) is 0 Å². The lowest BCUT2D eigenvalue weighted by atomic mass is 10.2. The second-order valence-corrected chi connectivity index (χ2v) is 5.25. The molecule has 16 heavy (non-hydrogen) atoms. The number of anilines is 1. The van der Waals surface area contributed by atoms with Crippen molar-refractivity contribution in [1.82, 2.24) is 0 Å². The van der Waals surface area contributed by atoms with Crippen molar-refractivity contribution in [2.24, 2.45) is 0 Å². The Morgan fingerprint density at radius 1 is 1.44 bits per heavy atom. The molecule has 1 aromatic rings. The molecular formula is C12H16N2S2. The molecule has 1 aromatic carbocycles. The number of nitriles is 1. The van der Waals surface area contributed by atoms with E-state index in [0.717, 1.165) is 21.9 Å². The molecule has 4 heteroatoms. The molecule has 0 heterocycles. The minimum absolute atomic E-state index is 0.374. The lowest BCUT2D eigenvalue weighted by Crippen LogP contribution is -2.18. The molecule has 0 amide bonds. The average molecular weight is 252 g/mol. The van der Waals surface area contributed by atoms with Gasteiger partial charge in [0.05, 0.1) is 11.3 Å². The van der Waals surface area contributed by atoms with Gasteiger partial charge >= 0.3 is 0 Å². The number of benzene rings is 1. The fraction of sp³-hybridized carbons (Fsp3) is 0.417. The van der Waals surface area contributed by atoms with Crippen molar-refractivity contribution in [3.63, 3.8) is 0 Å². The third-order valence-electron chi connectivity index (χ3n) is 2.18. The Morgan fingerprint density at radius 2 is 2.19 bits per heavy atom. The molecule has 0 fully saturated rings. The van der Waals surface area contributed by atoms with Crippen LogP contribution < -0.4 is 5.32 Å². The van der Waals surface area contributed by atoms with Crippen LogP contribution in [-0.4, -0.2) is 24.3 Å². The summed E-state index contributed by atoms with van der Waals surface area (Å²) in [4.78, 5) is 1.03. The molecule has 0 bridgehead atoms. The van der Waals surface area contributed by atoms with E-state index in [1.165, 1.54) is 0 Å². The van der Waals surface area contributed by atoms with E-state index >= 15 is 0 Å². The predicted molar refractivity (Wildman–Crippen MR) is 74.4 cm³/mol. The molecule has 0 aliphatic carbocycles. The van der Waals surface area contributed by atoms with Gasteiger partial charge in [-0.3, -0.25) is 0 Å². The second kappa shape index (κ2) is 6.72. The molecule has 2 nitrogen and oxygen atoms in total. The van der Waals surface area contributed by atoms with Crippen molar-refractivity contribution >= 4 is 29.2 Å². The van der Waals surface area contributed by atoms with Gasteiger partial charge in [-0.15, -0.1) is 11.8 Å². The van der Waals surface area contributed by atoms with Gasteiger partial charge in [0.1, 0.15) is 6.07 Å². The van der Waals surface area contributed by atoms with E-state index in [1.807, 2.05) is 24.5 Å². The van der Waals surface area contributed by atoms with Crippen LogP contribution in [-0.2, 0) is 0 Å². The zero-order chi connectivity index (χ0) is 12.0. The first kappa shape index (κ1) is 13.3. The molecule has 86 valence electrons. The van der Waals surface area contributed by atoms with E-state index in [0.29, 0.717) is 6.04 Å². The lowest BCUT2D eigenvalue weighted by Gasteiger charge is -2.16. The van der Waals surface area contributed by atoms with Gasteiger partial charge in [-0.25, -0.2) is 0 Å². The fourth-order valence-electron chi connectivity index (χ4n) is 1.49. The summed E-state index contributed by atoms with van der Waals surface area (Å²) in [6.07, 6.45) is 4.08. The maximum atomic E-state index is 9.16. The number of nitrogens with zero attached hydrogens (tertiary/aromatic N) is 1. The SMILES string of the molecule is CSCC(C)Nc1cccc(SC)c1C#N. The second-order valence-electron chi connectivity index (χ2n) is 3.50. The molecule has 1 rings (SSSR count). The summed E-state index contributed by atoms with van der Waals surface area (Å²) < 4.78 is 0. The Kier molecular flexibility index (Phi) is 5.58. The maximum Gasteiger partial charge on any atom is 0.102 e. The van der Waals surface area contributed by atoms with E-state index in [9.17, 15) is 0 Å². The Hall–Kier alpha value is -0.790. The summed E-state index contributed by atoms with van der Waals surface area (Å²) in [5.74, 6) is 1.04. The first-order chi connectivity index (χ1) is 7.72.